The zero-order valence-electron chi connectivity index (χ0n) is 11.8. The van der Waals surface area contributed by atoms with Gasteiger partial charge in [-0.1, -0.05) is 41.6 Å². The van der Waals surface area contributed by atoms with Crippen LogP contribution in [-0.2, 0) is 5.75 Å². The summed E-state index contributed by atoms with van der Waals surface area (Å²) in [6.07, 6.45) is 0. The van der Waals surface area contributed by atoms with Gasteiger partial charge in [0.1, 0.15) is 0 Å². The maximum atomic E-state index is 4.40. The number of aromatic nitrogens is 4. The van der Waals surface area contributed by atoms with E-state index in [0.717, 1.165) is 22.3 Å². The molecule has 0 amide bonds. The quantitative estimate of drug-likeness (QED) is 0.692. The second kappa shape index (κ2) is 5.25. The Bertz CT molecular complexity index is 764. The van der Waals surface area contributed by atoms with Crippen LogP contribution in [0, 0.1) is 20.8 Å². The van der Waals surface area contributed by atoms with Gasteiger partial charge >= 0.3 is 0 Å². The normalized spacial score (nSPS) is 11.2. The van der Waals surface area contributed by atoms with Crippen molar-refractivity contribution < 1.29 is 0 Å². The molecule has 20 heavy (non-hydrogen) atoms. The lowest BCUT2D eigenvalue weighted by atomic mass is 10.2. The molecular weight excluding hydrogens is 268 g/mol. The molecule has 0 spiro atoms. The summed E-state index contributed by atoms with van der Waals surface area (Å²) in [5.41, 5.74) is 4.66. The predicted octanol–water partition coefficient (Wildman–Crippen LogP) is 3.34. The Kier molecular flexibility index (Phi) is 3.44. The Morgan fingerprint density at radius 2 is 1.95 bits per heavy atom. The lowest BCUT2D eigenvalue weighted by molar-refractivity contribution is 0.886. The van der Waals surface area contributed by atoms with Gasteiger partial charge in [0, 0.05) is 17.1 Å². The van der Waals surface area contributed by atoms with Crippen molar-refractivity contribution in [1.29, 1.82) is 0 Å². The highest BCUT2D eigenvalue weighted by molar-refractivity contribution is 7.98. The molecule has 0 saturated heterocycles. The van der Waals surface area contributed by atoms with Gasteiger partial charge < -0.3 is 0 Å². The third-order valence-electron chi connectivity index (χ3n) is 3.11. The van der Waals surface area contributed by atoms with Crippen LogP contribution in [0.2, 0.25) is 0 Å². The molecule has 1 aromatic carbocycles. The molecule has 0 fully saturated rings. The summed E-state index contributed by atoms with van der Waals surface area (Å²) in [4.78, 5) is 4.40. The molecule has 0 saturated carbocycles. The molecule has 0 aliphatic rings. The van der Waals surface area contributed by atoms with Crippen molar-refractivity contribution in [1.82, 2.24) is 19.6 Å². The number of aryl methyl sites for hydroxylation is 3. The summed E-state index contributed by atoms with van der Waals surface area (Å²) in [7, 11) is 0. The lowest BCUT2D eigenvalue weighted by Gasteiger charge is -2.04. The maximum Gasteiger partial charge on any atom is 0.256 e. The van der Waals surface area contributed by atoms with E-state index >= 15 is 0 Å². The van der Waals surface area contributed by atoms with Crippen LogP contribution in [0.1, 0.15) is 22.5 Å². The number of thioether (sulfide) groups is 1. The van der Waals surface area contributed by atoms with Crippen LogP contribution in [0.25, 0.3) is 5.78 Å². The minimum Gasteiger partial charge on any atom is -0.259 e. The average Bonchev–Trinajstić information content (AvgIpc) is 2.79. The van der Waals surface area contributed by atoms with Crippen molar-refractivity contribution in [2.24, 2.45) is 0 Å². The van der Waals surface area contributed by atoms with E-state index in [1.807, 2.05) is 17.4 Å². The molecule has 4 nitrogen and oxygen atoms in total. The predicted molar refractivity (Wildman–Crippen MR) is 81.0 cm³/mol. The summed E-state index contributed by atoms with van der Waals surface area (Å²) in [6.45, 7) is 6.14. The summed E-state index contributed by atoms with van der Waals surface area (Å²) in [5.74, 6) is 1.56. The number of hydrogen-bond acceptors (Lipinski definition) is 4. The molecule has 0 aliphatic heterocycles. The SMILES string of the molecule is Cc1cccc(CSc2nnc3nc(C)cc(C)n23)c1. The first kappa shape index (κ1) is 13.1. The molecule has 2 heterocycles. The van der Waals surface area contributed by atoms with Crippen molar-refractivity contribution in [3.8, 4) is 0 Å². The molecule has 0 radical (unpaired) electrons. The second-order valence-electron chi connectivity index (χ2n) is 4.93. The van der Waals surface area contributed by atoms with Crippen LogP contribution in [-0.4, -0.2) is 19.6 Å². The van der Waals surface area contributed by atoms with E-state index in [-0.39, 0.29) is 0 Å². The highest BCUT2D eigenvalue weighted by atomic mass is 32.2. The van der Waals surface area contributed by atoms with Gasteiger partial charge in [-0.2, -0.15) is 0 Å². The molecule has 0 aliphatic carbocycles. The molecule has 0 unspecified atom stereocenters. The number of nitrogens with zero attached hydrogens (tertiary/aromatic N) is 4. The van der Waals surface area contributed by atoms with Crippen molar-refractivity contribution >= 4 is 17.5 Å². The van der Waals surface area contributed by atoms with Crippen molar-refractivity contribution in [2.75, 3.05) is 0 Å². The van der Waals surface area contributed by atoms with Gasteiger partial charge in [-0.3, -0.25) is 4.40 Å². The van der Waals surface area contributed by atoms with Gasteiger partial charge in [0.25, 0.3) is 5.78 Å². The van der Waals surface area contributed by atoms with Gasteiger partial charge in [0.05, 0.1) is 0 Å². The fraction of sp³-hybridized carbons (Fsp3) is 0.267. The monoisotopic (exact) mass is 284 g/mol. The summed E-state index contributed by atoms with van der Waals surface area (Å²) >= 11 is 1.69. The topological polar surface area (TPSA) is 43.1 Å². The zero-order valence-corrected chi connectivity index (χ0v) is 12.6. The van der Waals surface area contributed by atoms with E-state index in [4.69, 9.17) is 0 Å². The Labute approximate surface area is 122 Å². The summed E-state index contributed by atoms with van der Waals surface area (Å²) < 4.78 is 2.01. The molecule has 3 rings (SSSR count). The highest BCUT2D eigenvalue weighted by Crippen LogP contribution is 2.23. The van der Waals surface area contributed by atoms with Gasteiger partial charge in [-0.15, -0.1) is 10.2 Å². The largest absolute Gasteiger partial charge is 0.259 e. The molecule has 2 aromatic heterocycles. The minimum absolute atomic E-state index is 0.675. The molecule has 0 atom stereocenters. The number of hydrogen-bond donors (Lipinski definition) is 0. The van der Waals surface area contributed by atoms with Crippen molar-refractivity contribution in [3.05, 3.63) is 52.8 Å². The highest BCUT2D eigenvalue weighted by Gasteiger charge is 2.10. The Balaban J connectivity index is 1.88. The van der Waals surface area contributed by atoms with Crippen LogP contribution in [0.5, 0.6) is 0 Å². The second-order valence-corrected chi connectivity index (χ2v) is 5.88. The molecule has 0 N–H and O–H groups in total. The Morgan fingerprint density at radius 1 is 1.10 bits per heavy atom. The van der Waals surface area contributed by atoms with E-state index in [1.165, 1.54) is 11.1 Å². The number of rotatable bonds is 3. The maximum absolute atomic E-state index is 4.40. The molecule has 102 valence electrons. The van der Waals surface area contributed by atoms with Crippen LogP contribution >= 0.6 is 11.8 Å². The van der Waals surface area contributed by atoms with E-state index in [0.29, 0.717) is 5.78 Å². The van der Waals surface area contributed by atoms with Gasteiger partial charge in [-0.25, -0.2) is 4.98 Å². The lowest BCUT2D eigenvalue weighted by Crippen LogP contribution is -1.97. The van der Waals surface area contributed by atoms with Gasteiger partial charge in [0.2, 0.25) is 0 Å². The Hall–Kier alpha value is -1.88. The van der Waals surface area contributed by atoms with E-state index in [1.54, 1.807) is 11.8 Å². The summed E-state index contributed by atoms with van der Waals surface area (Å²) in [6, 6.07) is 10.6. The van der Waals surface area contributed by atoms with Crippen LogP contribution in [0.4, 0.5) is 0 Å². The number of benzene rings is 1. The third-order valence-corrected chi connectivity index (χ3v) is 4.11. The fourth-order valence-corrected chi connectivity index (χ4v) is 3.17. The fourth-order valence-electron chi connectivity index (χ4n) is 2.24. The minimum atomic E-state index is 0.675. The average molecular weight is 284 g/mol. The van der Waals surface area contributed by atoms with Crippen molar-refractivity contribution in [3.63, 3.8) is 0 Å². The molecule has 0 bridgehead atoms. The van der Waals surface area contributed by atoms with E-state index in [9.17, 15) is 0 Å². The van der Waals surface area contributed by atoms with Gasteiger partial charge in [0.15, 0.2) is 5.16 Å². The summed E-state index contributed by atoms with van der Waals surface area (Å²) in [5, 5.41) is 9.29. The van der Waals surface area contributed by atoms with E-state index < -0.39 is 0 Å². The molecule has 5 heteroatoms. The van der Waals surface area contributed by atoms with Crippen molar-refractivity contribution in [2.45, 2.75) is 31.7 Å². The van der Waals surface area contributed by atoms with Crippen LogP contribution in [0.15, 0.2) is 35.5 Å². The van der Waals surface area contributed by atoms with Crippen LogP contribution in [0.3, 0.4) is 0 Å². The molecule has 3 aromatic rings. The van der Waals surface area contributed by atoms with E-state index in [2.05, 4.69) is 53.3 Å². The first-order chi connectivity index (χ1) is 9.63. The first-order valence-corrected chi connectivity index (χ1v) is 7.50. The number of fused-ring (bicyclic) bond motifs is 1. The smallest absolute Gasteiger partial charge is 0.256 e. The standard InChI is InChI=1S/C15H16N4S/c1-10-5-4-6-13(7-10)9-20-15-18-17-14-16-11(2)8-12(3)19(14)15/h4-8H,9H2,1-3H3. The van der Waals surface area contributed by atoms with Gasteiger partial charge in [-0.05, 0) is 32.4 Å². The van der Waals surface area contributed by atoms with Crippen LogP contribution < -0.4 is 0 Å². The zero-order chi connectivity index (χ0) is 14.1. The first-order valence-electron chi connectivity index (χ1n) is 6.51. The Morgan fingerprint density at radius 3 is 2.75 bits per heavy atom. The third kappa shape index (κ3) is 2.54. The molecular formula is C15H16N4S.